The molecule has 2 aromatic rings. The van der Waals surface area contributed by atoms with Crippen LogP contribution in [0.1, 0.15) is 32.5 Å². The van der Waals surface area contributed by atoms with Crippen molar-refractivity contribution in [3.05, 3.63) is 60.4 Å². The molecule has 0 radical (unpaired) electrons. The molecule has 0 spiro atoms. The molecule has 2 aliphatic rings. The minimum atomic E-state index is -0.274. The lowest BCUT2D eigenvalue weighted by Gasteiger charge is -2.12. The fourth-order valence-corrected chi connectivity index (χ4v) is 3.42. The van der Waals surface area contributed by atoms with E-state index in [1.807, 2.05) is 24.4 Å². The largest absolute Gasteiger partial charge is 0.477 e. The zero-order valence-corrected chi connectivity index (χ0v) is 13.7. The molecule has 1 saturated heterocycles. The minimum absolute atomic E-state index is 0.152. The summed E-state index contributed by atoms with van der Waals surface area (Å²) in [5.41, 5.74) is 1.79. The Hall–Kier alpha value is -2.36. The molecule has 0 aliphatic carbocycles. The molecular formula is C19H21N3O. The number of hydrogen-bond acceptors (Lipinski definition) is 4. The van der Waals surface area contributed by atoms with E-state index >= 15 is 0 Å². The second-order valence-electron chi connectivity index (χ2n) is 7.03. The van der Waals surface area contributed by atoms with Crippen LogP contribution in [0, 0.1) is 0 Å². The van der Waals surface area contributed by atoms with Gasteiger partial charge in [0.25, 0.3) is 0 Å². The number of ether oxygens (including phenoxy) is 1. The summed E-state index contributed by atoms with van der Waals surface area (Å²) in [6.07, 6.45) is 1.85. The Kier molecular flexibility index (Phi) is 2.98. The van der Waals surface area contributed by atoms with Gasteiger partial charge in [-0.15, -0.1) is 0 Å². The number of rotatable bonds is 3. The summed E-state index contributed by atoms with van der Waals surface area (Å²) in [6.45, 7) is 7.04. The van der Waals surface area contributed by atoms with Gasteiger partial charge in [-0.05, 0) is 45.0 Å². The highest BCUT2D eigenvalue weighted by Gasteiger charge is 2.66. The van der Waals surface area contributed by atoms with E-state index in [1.165, 1.54) is 5.69 Å². The molecule has 1 fully saturated rings. The number of benzene rings is 1. The van der Waals surface area contributed by atoms with Gasteiger partial charge in [-0.3, -0.25) is 4.98 Å². The topological polar surface area (TPSA) is 37.5 Å². The molecular weight excluding hydrogens is 286 g/mol. The van der Waals surface area contributed by atoms with E-state index in [0.29, 0.717) is 6.61 Å². The van der Waals surface area contributed by atoms with Crippen LogP contribution in [0.5, 0.6) is 0 Å². The van der Waals surface area contributed by atoms with Gasteiger partial charge in [-0.25, -0.2) is 4.99 Å². The molecule has 4 rings (SSSR count). The minimum Gasteiger partial charge on any atom is -0.477 e. The number of aromatic nitrogens is 1. The van der Waals surface area contributed by atoms with Crippen LogP contribution in [0.15, 0.2) is 59.7 Å². The zero-order valence-electron chi connectivity index (χ0n) is 13.7. The number of hydrogen-bond donors (Lipinski definition) is 0. The molecule has 0 N–H and O–H groups in total. The molecule has 0 saturated carbocycles. The maximum atomic E-state index is 5.98. The Balaban J connectivity index is 1.77. The quantitative estimate of drug-likeness (QED) is 0.813. The summed E-state index contributed by atoms with van der Waals surface area (Å²) in [7, 11) is 0. The highest BCUT2D eigenvalue weighted by Crippen LogP contribution is 2.57. The van der Waals surface area contributed by atoms with Crippen molar-refractivity contribution in [1.29, 1.82) is 0 Å². The summed E-state index contributed by atoms with van der Waals surface area (Å²) >= 11 is 0. The first-order valence-electron chi connectivity index (χ1n) is 8.01. The normalized spacial score (nSPS) is 28.2. The maximum Gasteiger partial charge on any atom is 0.213 e. The molecule has 2 atom stereocenters. The predicted octanol–water partition coefficient (Wildman–Crippen LogP) is 3.61. The number of pyridine rings is 1. The van der Waals surface area contributed by atoms with Crippen LogP contribution < -0.4 is 4.90 Å². The summed E-state index contributed by atoms with van der Waals surface area (Å²) in [5, 5.41) is 0. The molecule has 23 heavy (non-hydrogen) atoms. The summed E-state index contributed by atoms with van der Waals surface area (Å²) < 4.78 is 5.98. The number of para-hydroxylation sites is 1. The van der Waals surface area contributed by atoms with Crippen LogP contribution in [-0.4, -0.2) is 28.6 Å². The van der Waals surface area contributed by atoms with Crippen molar-refractivity contribution in [1.82, 2.24) is 4.98 Å². The molecule has 0 unspecified atom stereocenters. The molecule has 2 aliphatic heterocycles. The van der Waals surface area contributed by atoms with Crippen molar-refractivity contribution in [3.63, 3.8) is 0 Å². The first-order chi connectivity index (χ1) is 11.0. The van der Waals surface area contributed by atoms with E-state index in [-0.39, 0.29) is 17.1 Å². The van der Waals surface area contributed by atoms with E-state index in [9.17, 15) is 0 Å². The van der Waals surface area contributed by atoms with Crippen LogP contribution in [0.4, 0.5) is 5.69 Å². The maximum absolute atomic E-state index is 5.98. The summed E-state index contributed by atoms with van der Waals surface area (Å²) in [4.78, 5) is 11.7. The molecule has 3 heterocycles. The van der Waals surface area contributed by atoms with Gasteiger partial charge >= 0.3 is 0 Å². The van der Waals surface area contributed by atoms with Crippen LogP contribution in [-0.2, 0) is 4.74 Å². The average Bonchev–Trinajstić information content (AvgIpc) is 3.03. The average molecular weight is 307 g/mol. The van der Waals surface area contributed by atoms with Crippen molar-refractivity contribution < 1.29 is 4.74 Å². The standard InChI is InChI=1S/C19H21N3O/c1-18(2)13-23-17(21-18)19(3)16(15-11-7-8-12-20-15)22(19)14-9-5-4-6-10-14/h4-12,16H,13H2,1-3H3/t16-,19-,22?/m1/s1. The van der Waals surface area contributed by atoms with Gasteiger partial charge in [0.1, 0.15) is 18.2 Å². The monoisotopic (exact) mass is 307 g/mol. The van der Waals surface area contributed by atoms with E-state index in [0.717, 1.165) is 11.6 Å². The fraction of sp³-hybridized carbons (Fsp3) is 0.368. The third-order valence-electron chi connectivity index (χ3n) is 4.62. The van der Waals surface area contributed by atoms with Gasteiger partial charge in [0, 0.05) is 11.9 Å². The van der Waals surface area contributed by atoms with Gasteiger partial charge < -0.3 is 9.64 Å². The third-order valence-corrected chi connectivity index (χ3v) is 4.62. The van der Waals surface area contributed by atoms with Crippen LogP contribution in [0.25, 0.3) is 0 Å². The lowest BCUT2D eigenvalue weighted by Crippen LogP contribution is -2.26. The number of aliphatic imine (C=N–C) groups is 1. The highest BCUT2D eigenvalue weighted by molar-refractivity contribution is 5.98. The fourth-order valence-electron chi connectivity index (χ4n) is 3.42. The van der Waals surface area contributed by atoms with Gasteiger partial charge in [0.15, 0.2) is 0 Å². The highest BCUT2D eigenvalue weighted by atomic mass is 16.5. The van der Waals surface area contributed by atoms with Gasteiger partial charge in [0.05, 0.1) is 11.2 Å². The van der Waals surface area contributed by atoms with Crippen molar-refractivity contribution in [2.45, 2.75) is 37.9 Å². The molecule has 1 aromatic carbocycles. The van der Waals surface area contributed by atoms with Crippen molar-refractivity contribution in [2.24, 2.45) is 4.99 Å². The Bertz CT molecular complexity index is 694. The smallest absolute Gasteiger partial charge is 0.213 e. The third kappa shape index (κ3) is 2.21. The van der Waals surface area contributed by atoms with E-state index in [4.69, 9.17) is 9.73 Å². The Morgan fingerprint density at radius 3 is 2.39 bits per heavy atom. The first kappa shape index (κ1) is 14.2. The van der Waals surface area contributed by atoms with Crippen LogP contribution in [0.2, 0.25) is 0 Å². The molecule has 4 heteroatoms. The zero-order chi connectivity index (χ0) is 16.1. The lowest BCUT2D eigenvalue weighted by molar-refractivity contribution is 0.270. The second-order valence-corrected chi connectivity index (χ2v) is 7.03. The van der Waals surface area contributed by atoms with Gasteiger partial charge in [-0.1, -0.05) is 24.3 Å². The Morgan fingerprint density at radius 2 is 1.78 bits per heavy atom. The summed E-state index contributed by atoms with van der Waals surface area (Å²) in [6, 6.07) is 16.6. The Labute approximate surface area is 136 Å². The SMILES string of the molecule is CC1(C)COC([C@@]2(C)[C@@H](c3ccccn3)N2c2ccccc2)=N1. The molecule has 1 aromatic heterocycles. The number of anilines is 1. The molecule has 0 amide bonds. The van der Waals surface area contributed by atoms with Gasteiger partial charge in [0.2, 0.25) is 5.90 Å². The van der Waals surface area contributed by atoms with E-state index in [1.54, 1.807) is 0 Å². The van der Waals surface area contributed by atoms with Crippen LogP contribution >= 0.6 is 0 Å². The van der Waals surface area contributed by atoms with Crippen molar-refractivity contribution in [3.8, 4) is 0 Å². The number of nitrogens with zero attached hydrogens (tertiary/aromatic N) is 3. The summed E-state index contributed by atoms with van der Waals surface area (Å²) in [5.74, 6) is 0.821. The van der Waals surface area contributed by atoms with E-state index in [2.05, 4.69) is 61.0 Å². The van der Waals surface area contributed by atoms with Crippen LogP contribution in [0.3, 0.4) is 0 Å². The first-order valence-corrected chi connectivity index (χ1v) is 8.01. The molecule has 4 nitrogen and oxygen atoms in total. The van der Waals surface area contributed by atoms with Crippen molar-refractivity contribution >= 4 is 11.6 Å². The van der Waals surface area contributed by atoms with Gasteiger partial charge in [-0.2, -0.15) is 0 Å². The van der Waals surface area contributed by atoms with Crippen molar-refractivity contribution in [2.75, 3.05) is 11.5 Å². The lowest BCUT2D eigenvalue weighted by atomic mass is 10.0. The Morgan fingerprint density at radius 1 is 1.04 bits per heavy atom. The predicted molar refractivity (Wildman–Crippen MR) is 91.8 cm³/mol. The molecule has 118 valence electrons. The molecule has 0 bridgehead atoms. The van der Waals surface area contributed by atoms with E-state index < -0.39 is 0 Å². The second kappa shape index (κ2) is 4.82.